The zero-order valence-electron chi connectivity index (χ0n) is 9.70. The molecule has 3 nitrogen and oxygen atoms in total. The van der Waals surface area contributed by atoms with Gasteiger partial charge in [-0.05, 0) is 26.2 Å². The minimum absolute atomic E-state index is 0.132. The molecule has 0 heterocycles. The minimum Gasteiger partial charge on any atom is -0.349 e. The topological polar surface area (TPSA) is 36.8 Å². The number of thioether (sulfide) groups is 1. The van der Waals surface area contributed by atoms with Crippen LogP contribution in [-0.2, 0) is 0 Å². The van der Waals surface area contributed by atoms with Crippen molar-refractivity contribution in [3.05, 3.63) is 12.2 Å². The Hall–Kier alpha value is -0.920. The van der Waals surface area contributed by atoms with Gasteiger partial charge in [0.15, 0.2) is 4.50 Å². The van der Waals surface area contributed by atoms with Gasteiger partial charge in [-0.3, -0.25) is 4.99 Å². The molecular weight excluding hydrogens is 242 g/mol. The normalized spacial score (nSPS) is 14.9. The van der Waals surface area contributed by atoms with Crippen molar-refractivity contribution in [3.63, 3.8) is 0 Å². The largest absolute Gasteiger partial charge is 0.349 e. The van der Waals surface area contributed by atoms with E-state index < -0.39 is 0 Å². The molecule has 0 aliphatic rings. The maximum absolute atomic E-state index is 5.81. The highest BCUT2D eigenvalue weighted by Gasteiger charge is 2.01. The van der Waals surface area contributed by atoms with E-state index in [0.29, 0.717) is 16.9 Å². The second-order valence-electron chi connectivity index (χ2n) is 2.81. The van der Waals surface area contributed by atoms with Gasteiger partial charge >= 0.3 is 0 Å². The molecule has 0 amide bonds. The Balaban J connectivity index is 4.47. The molecule has 0 aromatic heterocycles. The van der Waals surface area contributed by atoms with Gasteiger partial charge in [0.05, 0.1) is 0 Å². The second kappa shape index (κ2) is 9.32. The van der Waals surface area contributed by atoms with E-state index in [1.165, 1.54) is 11.8 Å². The predicted molar refractivity (Wildman–Crippen MR) is 75.3 cm³/mol. The predicted octanol–water partition coefficient (Wildman–Crippen LogP) is 2.49. The van der Waals surface area contributed by atoms with Crippen LogP contribution < -0.4 is 5.32 Å². The highest BCUT2D eigenvalue weighted by molar-refractivity contribution is 8.16. The zero-order chi connectivity index (χ0) is 12.4. The molecule has 0 saturated heterocycles. The first kappa shape index (κ1) is 15.1. The summed E-state index contributed by atoms with van der Waals surface area (Å²) in [6.07, 6.45) is 10.6. The van der Waals surface area contributed by atoms with Gasteiger partial charge in [-0.15, -0.1) is 6.42 Å². The van der Waals surface area contributed by atoms with Gasteiger partial charge in [-0.2, -0.15) is 0 Å². The van der Waals surface area contributed by atoms with E-state index in [2.05, 4.69) is 21.2 Å². The fourth-order valence-corrected chi connectivity index (χ4v) is 1.30. The van der Waals surface area contributed by atoms with E-state index in [4.69, 9.17) is 18.0 Å². The third kappa shape index (κ3) is 7.38. The van der Waals surface area contributed by atoms with Gasteiger partial charge in [0.2, 0.25) is 0 Å². The number of amidine groups is 1. The Morgan fingerprint density at radius 2 is 2.38 bits per heavy atom. The lowest BCUT2D eigenvalue weighted by atomic mass is 10.4. The Kier molecular flexibility index (Phi) is 8.78. The summed E-state index contributed by atoms with van der Waals surface area (Å²) in [5.74, 6) is 3.16. The summed E-state index contributed by atoms with van der Waals surface area (Å²) in [4.78, 5) is 8.36. The van der Waals surface area contributed by atoms with Crippen molar-refractivity contribution in [2.24, 2.45) is 9.98 Å². The van der Waals surface area contributed by atoms with Gasteiger partial charge in [0.25, 0.3) is 0 Å². The van der Waals surface area contributed by atoms with Crippen molar-refractivity contribution in [1.29, 1.82) is 0 Å². The summed E-state index contributed by atoms with van der Waals surface area (Å²) in [6.45, 7) is 4.16. The summed E-state index contributed by atoms with van der Waals surface area (Å²) >= 11 is 7.20. The fourth-order valence-electron chi connectivity index (χ4n) is 0.886. The minimum atomic E-state index is -0.132. The SMILES string of the molecule is C#CCN=C(/C=C\C)NC(C)N=C(Cl)SC. The number of hydrogen-bond acceptors (Lipinski definition) is 3. The average Bonchev–Trinajstić information content (AvgIpc) is 2.25. The first-order valence-electron chi connectivity index (χ1n) is 4.78. The van der Waals surface area contributed by atoms with Crippen LogP contribution in [0.15, 0.2) is 22.1 Å². The summed E-state index contributed by atoms with van der Waals surface area (Å²) in [5.41, 5.74) is 0. The molecule has 1 atom stereocenters. The zero-order valence-corrected chi connectivity index (χ0v) is 11.3. The van der Waals surface area contributed by atoms with E-state index in [-0.39, 0.29) is 6.17 Å². The first-order chi connectivity index (χ1) is 7.63. The van der Waals surface area contributed by atoms with Crippen molar-refractivity contribution in [2.75, 3.05) is 12.8 Å². The second-order valence-corrected chi connectivity index (χ2v) is 4.19. The highest BCUT2D eigenvalue weighted by atomic mass is 35.5. The molecule has 0 saturated carbocycles. The molecule has 1 N–H and O–H groups in total. The van der Waals surface area contributed by atoms with Gasteiger partial charge < -0.3 is 5.32 Å². The van der Waals surface area contributed by atoms with E-state index >= 15 is 0 Å². The molecule has 16 heavy (non-hydrogen) atoms. The molecule has 0 spiro atoms. The molecule has 0 radical (unpaired) electrons. The lowest BCUT2D eigenvalue weighted by Gasteiger charge is -2.10. The molecule has 5 heteroatoms. The number of terminal acetylenes is 1. The van der Waals surface area contributed by atoms with Crippen molar-refractivity contribution >= 4 is 33.7 Å². The van der Waals surface area contributed by atoms with Gasteiger partial charge in [0.1, 0.15) is 18.5 Å². The van der Waals surface area contributed by atoms with E-state index in [9.17, 15) is 0 Å². The van der Waals surface area contributed by atoms with E-state index in [0.717, 1.165) is 0 Å². The van der Waals surface area contributed by atoms with Crippen molar-refractivity contribution < 1.29 is 0 Å². The molecule has 0 bridgehead atoms. The standard InChI is InChI=1S/C11H16ClN3S/c1-5-7-10(13-8-6-2)14-9(3)15-11(12)16-4/h2,5,7,9H,8H2,1,3-4H3,(H,13,14)/b7-5-,15-11?. The van der Waals surface area contributed by atoms with Gasteiger partial charge in [-0.1, -0.05) is 35.4 Å². The van der Waals surface area contributed by atoms with Crippen LogP contribution in [0.3, 0.4) is 0 Å². The highest BCUT2D eigenvalue weighted by Crippen LogP contribution is 2.04. The van der Waals surface area contributed by atoms with Crippen LogP contribution in [0, 0.1) is 12.3 Å². The third-order valence-corrected chi connectivity index (χ3v) is 2.49. The molecule has 0 rings (SSSR count). The summed E-state index contributed by atoms with van der Waals surface area (Å²) in [5, 5.41) is 3.10. The number of halogens is 1. The average molecular weight is 258 g/mol. The number of nitrogens with zero attached hydrogens (tertiary/aromatic N) is 2. The van der Waals surface area contributed by atoms with E-state index in [1.54, 1.807) is 0 Å². The maximum atomic E-state index is 5.81. The Labute approximate surface area is 106 Å². The van der Waals surface area contributed by atoms with Crippen molar-refractivity contribution in [1.82, 2.24) is 5.32 Å². The fraction of sp³-hybridized carbons (Fsp3) is 0.455. The van der Waals surface area contributed by atoms with Crippen LogP contribution in [0.2, 0.25) is 0 Å². The third-order valence-electron chi connectivity index (χ3n) is 1.49. The Bertz CT molecular complexity index is 329. The molecule has 1 unspecified atom stereocenters. The van der Waals surface area contributed by atoms with Crippen molar-refractivity contribution in [2.45, 2.75) is 20.0 Å². The van der Waals surface area contributed by atoms with Crippen LogP contribution in [0.5, 0.6) is 0 Å². The van der Waals surface area contributed by atoms with Crippen LogP contribution in [0.1, 0.15) is 13.8 Å². The maximum Gasteiger partial charge on any atom is 0.159 e. The Morgan fingerprint density at radius 1 is 1.69 bits per heavy atom. The Morgan fingerprint density at radius 3 is 2.88 bits per heavy atom. The van der Waals surface area contributed by atoms with Crippen LogP contribution in [-0.4, -0.2) is 29.3 Å². The molecule has 0 aromatic rings. The lowest BCUT2D eigenvalue weighted by Crippen LogP contribution is -2.30. The number of nitrogens with one attached hydrogen (secondary N) is 1. The summed E-state index contributed by atoms with van der Waals surface area (Å²) < 4.78 is 0.511. The van der Waals surface area contributed by atoms with Crippen LogP contribution >= 0.6 is 23.4 Å². The number of rotatable bonds is 4. The summed E-state index contributed by atoms with van der Waals surface area (Å²) in [6, 6.07) is 0. The first-order valence-corrected chi connectivity index (χ1v) is 6.38. The van der Waals surface area contributed by atoms with Gasteiger partial charge in [0, 0.05) is 0 Å². The molecule has 0 aliphatic heterocycles. The van der Waals surface area contributed by atoms with Crippen molar-refractivity contribution in [3.8, 4) is 12.3 Å². The molecule has 0 fully saturated rings. The monoisotopic (exact) mass is 257 g/mol. The molecule has 0 aliphatic carbocycles. The number of aliphatic imine (C=N–C) groups is 2. The number of allylic oxidation sites excluding steroid dienone is 1. The number of hydrogen-bond donors (Lipinski definition) is 1. The van der Waals surface area contributed by atoms with Crippen LogP contribution in [0.4, 0.5) is 0 Å². The van der Waals surface area contributed by atoms with Gasteiger partial charge in [-0.25, -0.2) is 4.99 Å². The molecule has 0 aromatic carbocycles. The summed E-state index contributed by atoms with van der Waals surface area (Å²) in [7, 11) is 0. The van der Waals surface area contributed by atoms with Crippen LogP contribution in [0.25, 0.3) is 0 Å². The molecular formula is C11H16ClN3S. The lowest BCUT2D eigenvalue weighted by molar-refractivity contribution is 0.705. The van der Waals surface area contributed by atoms with E-state index in [1.807, 2.05) is 32.3 Å². The molecule has 88 valence electrons. The smallest absolute Gasteiger partial charge is 0.159 e. The quantitative estimate of drug-likeness (QED) is 0.477.